The van der Waals surface area contributed by atoms with E-state index in [1.165, 1.54) is 16.4 Å². The molecule has 0 spiro atoms. The average molecular weight is 405 g/mol. The van der Waals surface area contributed by atoms with Crippen molar-refractivity contribution in [2.45, 2.75) is 11.8 Å². The van der Waals surface area contributed by atoms with E-state index in [1.807, 2.05) is 0 Å². The molecule has 2 heterocycles. The van der Waals surface area contributed by atoms with E-state index in [0.717, 1.165) is 6.07 Å². The molecule has 0 unspecified atom stereocenters. The van der Waals surface area contributed by atoms with E-state index >= 15 is 0 Å². The predicted octanol–water partition coefficient (Wildman–Crippen LogP) is 1.85. The van der Waals surface area contributed by atoms with E-state index in [-0.39, 0.29) is 29.4 Å². The number of pyridine rings is 1. The van der Waals surface area contributed by atoms with Crippen molar-refractivity contribution in [1.29, 1.82) is 0 Å². The number of hydrazone groups is 1. The molecular weight excluding hydrogens is 386 g/mol. The van der Waals surface area contributed by atoms with Crippen LogP contribution in [0.2, 0.25) is 0 Å². The van der Waals surface area contributed by atoms with Crippen molar-refractivity contribution in [1.82, 2.24) is 9.29 Å². The molecule has 1 aromatic heterocycles. The number of benzene rings is 1. The average Bonchev–Trinajstić information content (AvgIpc) is 2.73. The summed E-state index contributed by atoms with van der Waals surface area (Å²) in [7, 11) is -3.83. The molecule has 10 nitrogen and oxygen atoms in total. The highest BCUT2D eigenvalue weighted by Gasteiger charge is 2.28. The van der Waals surface area contributed by atoms with Crippen LogP contribution in [0.4, 0.5) is 11.4 Å². The smallest absolute Gasteiger partial charge is 0.295 e. The minimum Gasteiger partial charge on any atom is -0.379 e. The minimum absolute atomic E-state index is 0.0845. The number of hydrogen-bond acceptors (Lipinski definition) is 8. The Hall–Kier alpha value is -2.89. The predicted molar refractivity (Wildman–Crippen MR) is 103 cm³/mol. The highest BCUT2D eigenvalue weighted by atomic mass is 32.2. The van der Waals surface area contributed by atoms with Crippen molar-refractivity contribution in [2.75, 3.05) is 31.7 Å². The first-order chi connectivity index (χ1) is 13.4. The molecule has 1 fully saturated rings. The van der Waals surface area contributed by atoms with Crippen LogP contribution in [0, 0.1) is 10.1 Å². The molecule has 0 aliphatic carbocycles. The van der Waals surface area contributed by atoms with Gasteiger partial charge in [-0.2, -0.15) is 9.41 Å². The first kappa shape index (κ1) is 19.9. The van der Waals surface area contributed by atoms with Gasteiger partial charge in [0.15, 0.2) is 0 Å². The molecule has 1 aliphatic heterocycles. The molecule has 0 saturated carbocycles. The summed E-state index contributed by atoms with van der Waals surface area (Å²) < 4.78 is 31.8. The topological polar surface area (TPSA) is 127 Å². The van der Waals surface area contributed by atoms with E-state index in [2.05, 4.69) is 15.5 Å². The van der Waals surface area contributed by atoms with Gasteiger partial charge in [0.25, 0.3) is 5.69 Å². The van der Waals surface area contributed by atoms with E-state index in [4.69, 9.17) is 4.74 Å². The number of anilines is 1. The lowest BCUT2D eigenvalue weighted by Gasteiger charge is -2.26. The summed E-state index contributed by atoms with van der Waals surface area (Å²) in [5.41, 5.74) is 3.47. The molecule has 0 amide bonds. The molecule has 1 aromatic carbocycles. The molecule has 0 atom stereocenters. The number of morpholine rings is 1. The van der Waals surface area contributed by atoms with E-state index in [1.54, 1.807) is 31.3 Å². The molecule has 2 aromatic rings. The normalized spacial score (nSPS) is 16.0. The summed E-state index contributed by atoms with van der Waals surface area (Å²) in [6, 6.07) is 9.02. The molecule has 28 heavy (non-hydrogen) atoms. The third kappa shape index (κ3) is 4.32. The molecule has 11 heteroatoms. The SMILES string of the molecule is C/C(=N\Nc1ccc(S(=O)(=O)N2CCOCC2)cc1[N+](=O)[O-])c1ccccn1. The van der Waals surface area contributed by atoms with Crippen LogP contribution in [0.15, 0.2) is 52.6 Å². The second-order valence-corrected chi connectivity index (χ2v) is 7.91. The van der Waals surface area contributed by atoms with Gasteiger partial charge in [0.1, 0.15) is 5.69 Å². The third-order valence-corrected chi connectivity index (χ3v) is 6.05. The van der Waals surface area contributed by atoms with E-state index in [9.17, 15) is 18.5 Å². The van der Waals surface area contributed by atoms with Crippen molar-refractivity contribution in [3.63, 3.8) is 0 Å². The number of rotatable bonds is 6. The van der Waals surface area contributed by atoms with Crippen LogP contribution in [0.25, 0.3) is 0 Å². The van der Waals surface area contributed by atoms with Gasteiger partial charge in [-0.25, -0.2) is 8.42 Å². The van der Waals surface area contributed by atoms with Crippen LogP contribution in [-0.4, -0.2) is 54.6 Å². The molecule has 3 rings (SSSR count). The van der Waals surface area contributed by atoms with Gasteiger partial charge in [0.2, 0.25) is 10.0 Å². The number of hydrogen-bond donors (Lipinski definition) is 1. The molecule has 1 aliphatic rings. The summed E-state index contributed by atoms with van der Waals surface area (Å²) in [4.78, 5) is 14.8. The second-order valence-electron chi connectivity index (χ2n) is 5.98. The standard InChI is InChI=1S/C17H19N5O5S/c1-13(15-4-2-3-7-18-15)19-20-16-6-5-14(12-17(16)22(23)24)28(25,26)21-8-10-27-11-9-21/h2-7,12,20H,8-11H2,1H3/b19-13+. The van der Waals surface area contributed by atoms with Gasteiger partial charge in [0, 0.05) is 25.4 Å². The number of nitro benzene ring substituents is 1. The Kier molecular flexibility index (Phi) is 5.97. The summed E-state index contributed by atoms with van der Waals surface area (Å²) >= 11 is 0. The van der Waals surface area contributed by atoms with Crippen molar-refractivity contribution in [3.05, 3.63) is 58.4 Å². The molecule has 0 radical (unpaired) electrons. The maximum atomic E-state index is 12.7. The number of nitrogens with zero attached hydrogens (tertiary/aromatic N) is 4. The molecule has 1 saturated heterocycles. The van der Waals surface area contributed by atoms with Crippen LogP contribution in [0.3, 0.4) is 0 Å². The fourth-order valence-electron chi connectivity index (χ4n) is 2.63. The number of nitrogens with one attached hydrogen (secondary N) is 1. The van der Waals surface area contributed by atoms with Crippen molar-refractivity contribution >= 4 is 27.1 Å². The Morgan fingerprint density at radius 3 is 2.68 bits per heavy atom. The summed E-state index contributed by atoms with van der Waals surface area (Å²) in [6.07, 6.45) is 1.61. The number of sulfonamides is 1. The highest BCUT2D eigenvalue weighted by molar-refractivity contribution is 7.89. The lowest BCUT2D eigenvalue weighted by molar-refractivity contribution is -0.384. The molecule has 1 N–H and O–H groups in total. The van der Waals surface area contributed by atoms with E-state index < -0.39 is 14.9 Å². The Balaban J connectivity index is 1.88. The first-order valence-electron chi connectivity index (χ1n) is 8.47. The second kappa shape index (κ2) is 8.42. The highest BCUT2D eigenvalue weighted by Crippen LogP contribution is 2.29. The monoisotopic (exact) mass is 405 g/mol. The van der Waals surface area contributed by atoms with Gasteiger partial charge in [-0.1, -0.05) is 6.07 Å². The Bertz CT molecular complexity index is 988. The van der Waals surface area contributed by atoms with Crippen LogP contribution >= 0.6 is 0 Å². The zero-order chi connectivity index (χ0) is 20.1. The lowest BCUT2D eigenvalue weighted by atomic mass is 10.2. The van der Waals surface area contributed by atoms with Gasteiger partial charge in [-0.3, -0.25) is 20.5 Å². The quantitative estimate of drug-likeness (QED) is 0.441. The third-order valence-electron chi connectivity index (χ3n) is 4.15. The van der Waals surface area contributed by atoms with Gasteiger partial charge in [-0.05, 0) is 31.2 Å². The van der Waals surface area contributed by atoms with Crippen LogP contribution in [-0.2, 0) is 14.8 Å². The number of nitro groups is 1. The van der Waals surface area contributed by atoms with Crippen LogP contribution in [0.5, 0.6) is 0 Å². The van der Waals surface area contributed by atoms with Crippen LogP contribution in [0.1, 0.15) is 12.6 Å². The van der Waals surface area contributed by atoms with Gasteiger partial charge in [-0.15, -0.1) is 0 Å². The minimum atomic E-state index is -3.83. The summed E-state index contributed by atoms with van der Waals surface area (Å²) in [6.45, 7) is 2.72. The lowest BCUT2D eigenvalue weighted by Crippen LogP contribution is -2.40. The molecule has 0 bridgehead atoms. The van der Waals surface area contributed by atoms with E-state index in [0.29, 0.717) is 24.6 Å². The van der Waals surface area contributed by atoms with Gasteiger partial charge >= 0.3 is 0 Å². The van der Waals surface area contributed by atoms with Gasteiger partial charge < -0.3 is 4.74 Å². The van der Waals surface area contributed by atoms with Gasteiger partial charge in [0.05, 0.1) is 34.4 Å². The summed E-state index contributed by atoms with van der Waals surface area (Å²) in [5.74, 6) is 0. The largest absolute Gasteiger partial charge is 0.379 e. The Labute approximate surface area is 162 Å². The zero-order valence-corrected chi connectivity index (χ0v) is 15.9. The fourth-order valence-corrected chi connectivity index (χ4v) is 4.06. The van der Waals surface area contributed by atoms with Crippen LogP contribution < -0.4 is 5.43 Å². The summed E-state index contributed by atoms with van der Waals surface area (Å²) in [5, 5.41) is 15.6. The number of ether oxygens (including phenoxy) is 1. The van der Waals surface area contributed by atoms with Crippen molar-refractivity contribution < 1.29 is 18.1 Å². The zero-order valence-electron chi connectivity index (χ0n) is 15.1. The molecule has 148 valence electrons. The van der Waals surface area contributed by atoms with Crippen molar-refractivity contribution in [3.8, 4) is 0 Å². The Morgan fingerprint density at radius 2 is 2.04 bits per heavy atom. The maximum absolute atomic E-state index is 12.7. The first-order valence-corrected chi connectivity index (χ1v) is 9.91. The van der Waals surface area contributed by atoms with Crippen molar-refractivity contribution in [2.24, 2.45) is 5.10 Å². The Morgan fingerprint density at radius 1 is 1.29 bits per heavy atom. The maximum Gasteiger partial charge on any atom is 0.295 e. The fraction of sp³-hybridized carbons (Fsp3) is 0.294. The number of aromatic nitrogens is 1. The molecular formula is C17H19N5O5S.